The summed E-state index contributed by atoms with van der Waals surface area (Å²) in [7, 11) is 0. The Balaban J connectivity index is 1.96. The van der Waals surface area contributed by atoms with Gasteiger partial charge in [0.1, 0.15) is 0 Å². The lowest BCUT2D eigenvalue weighted by Crippen LogP contribution is -2.29. The van der Waals surface area contributed by atoms with Crippen LogP contribution < -0.4 is 5.32 Å². The molecule has 2 rings (SSSR count). The van der Waals surface area contributed by atoms with Gasteiger partial charge in [-0.05, 0) is 30.4 Å². The molecule has 4 heteroatoms. The van der Waals surface area contributed by atoms with Gasteiger partial charge in [-0.25, -0.2) is 0 Å². The largest absolute Gasteiger partial charge is 0.312 e. The van der Waals surface area contributed by atoms with Crippen molar-refractivity contribution in [2.75, 3.05) is 6.54 Å². The molecule has 1 aromatic carbocycles. The van der Waals surface area contributed by atoms with Crippen molar-refractivity contribution in [1.29, 1.82) is 0 Å². The van der Waals surface area contributed by atoms with E-state index in [1.165, 1.54) is 25.7 Å². The van der Waals surface area contributed by atoms with Crippen molar-refractivity contribution in [2.45, 2.75) is 39.2 Å². The third-order valence-corrected chi connectivity index (χ3v) is 5.00. The highest BCUT2D eigenvalue weighted by molar-refractivity contribution is 6.44. The predicted molar refractivity (Wildman–Crippen MR) is 79.8 cm³/mol. The van der Waals surface area contributed by atoms with Crippen LogP contribution in [0.1, 0.15) is 38.2 Å². The van der Waals surface area contributed by atoms with Crippen molar-refractivity contribution in [2.24, 2.45) is 5.41 Å². The molecule has 0 spiro atoms. The van der Waals surface area contributed by atoms with Gasteiger partial charge in [0.2, 0.25) is 0 Å². The van der Waals surface area contributed by atoms with Crippen LogP contribution in [0.25, 0.3) is 0 Å². The van der Waals surface area contributed by atoms with Gasteiger partial charge in [-0.15, -0.1) is 0 Å². The van der Waals surface area contributed by atoms with Crippen molar-refractivity contribution < 1.29 is 0 Å². The van der Waals surface area contributed by atoms with Crippen LogP contribution >= 0.6 is 34.8 Å². The Hall–Kier alpha value is 0.0500. The molecule has 1 aliphatic rings. The minimum atomic E-state index is 0.428. The fourth-order valence-corrected chi connectivity index (χ4v) is 3.31. The second-order valence-corrected chi connectivity index (χ2v) is 6.64. The molecule has 0 heterocycles. The summed E-state index contributed by atoms with van der Waals surface area (Å²) in [6.07, 6.45) is 5.29. The standard InChI is InChI=1S/C14H18Cl3N/c1-14(6-2-3-7-14)9-18-8-10-11(15)4-5-12(16)13(10)17/h4-5,18H,2-3,6-9H2,1H3. The molecule has 0 unspecified atom stereocenters. The molecular formula is C14H18Cl3N. The topological polar surface area (TPSA) is 12.0 Å². The third-order valence-electron chi connectivity index (χ3n) is 3.80. The molecule has 100 valence electrons. The van der Waals surface area contributed by atoms with Crippen LogP contribution in [0.5, 0.6) is 0 Å². The highest BCUT2D eigenvalue weighted by atomic mass is 35.5. The molecule has 0 bridgehead atoms. The first-order valence-corrected chi connectivity index (χ1v) is 7.48. The molecule has 0 amide bonds. The SMILES string of the molecule is CC1(CNCc2c(Cl)ccc(Cl)c2Cl)CCCC1. The van der Waals surface area contributed by atoms with Gasteiger partial charge in [-0.1, -0.05) is 54.6 Å². The molecule has 1 nitrogen and oxygen atoms in total. The lowest BCUT2D eigenvalue weighted by atomic mass is 9.89. The molecule has 1 saturated carbocycles. The summed E-state index contributed by atoms with van der Waals surface area (Å²) in [5.41, 5.74) is 1.32. The molecule has 0 aliphatic heterocycles. The Morgan fingerprint density at radius 3 is 2.39 bits per heavy atom. The zero-order chi connectivity index (χ0) is 13.2. The zero-order valence-corrected chi connectivity index (χ0v) is 12.8. The van der Waals surface area contributed by atoms with E-state index in [1.54, 1.807) is 12.1 Å². The molecular weight excluding hydrogens is 289 g/mol. The van der Waals surface area contributed by atoms with E-state index in [9.17, 15) is 0 Å². The van der Waals surface area contributed by atoms with E-state index in [0.717, 1.165) is 12.1 Å². The van der Waals surface area contributed by atoms with E-state index in [4.69, 9.17) is 34.8 Å². The summed E-state index contributed by atoms with van der Waals surface area (Å²) in [6, 6.07) is 3.53. The fraction of sp³-hybridized carbons (Fsp3) is 0.571. The Bertz CT molecular complexity index is 425. The molecule has 0 aromatic heterocycles. The van der Waals surface area contributed by atoms with E-state index >= 15 is 0 Å². The van der Waals surface area contributed by atoms with Gasteiger partial charge in [-0.3, -0.25) is 0 Å². The van der Waals surface area contributed by atoms with E-state index in [0.29, 0.717) is 27.0 Å². The normalized spacial score (nSPS) is 18.2. The van der Waals surface area contributed by atoms with Crippen molar-refractivity contribution in [1.82, 2.24) is 5.32 Å². The van der Waals surface area contributed by atoms with Gasteiger partial charge in [0.25, 0.3) is 0 Å². The van der Waals surface area contributed by atoms with Gasteiger partial charge >= 0.3 is 0 Å². The van der Waals surface area contributed by atoms with Crippen molar-refractivity contribution >= 4 is 34.8 Å². The van der Waals surface area contributed by atoms with Gasteiger partial charge in [0.05, 0.1) is 10.0 Å². The lowest BCUT2D eigenvalue weighted by molar-refractivity contribution is 0.314. The van der Waals surface area contributed by atoms with Crippen molar-refractivity contribution in [3.63, 3.8) is 0 Å². The molecule has 0 radical (unpaired) electrons. The molecule has 1 fully saturated rings. The Labute approximate surface area is 124 Å². The van der Waals surface area contributed by atoms with Crippen LogP contribution in [0.15, 0.2) is 12.1 Å². The predicted octanol–water partition coefficient (Wildman–Crippen LogP) is 5.32. The molecule has 0 saturated heterocycles. The summed E-state index contributed by atoms with van der Waals surface area (Å²) in [4.78, 5) is 0. The van der Waals surface area contributed by atoms with Crippen LogP contribution in [0.3, 0.4) is 0 Å². The number of rotatable bonds is 4. The quantitative estimate of drug-likeness (QED) is 0.743. The van der Waals surface area contributed by atoms with E-state index in [-0.39, 0.29) is 0 Å². The van der Waals surface area contributed by atoms with E-state index < -0.39 is 0 Å². The van der Waals surface area contributed by atoms with Gasteiger partial charge in [-0.2, -0.15) is 0 Å². The molecule has 1 aliphatic carbocycles. The van der Waals surface area contributed by atoms with Crippen LogP contribution in [0.2, 0.25) is 15.1 Å². The van der Waals surface area contributed by atoms with E-state index in [1.807, 2.05) is 0 Å². The fourth-order valence-electron chi connectivity index (χ4n) is 2.63. The lowest BCUT2D eigenvalue weighted by Gasteiger charge is -2.24. The average Bonchev–Trinajstić information content (AvgIpc) is 2.76. The Morgan fingerprint density at radius 2 is 1.72 bits per heavy atom. The maximum atomic E-state index is 6.17. The second-order valence-electron chi connectivity index (χ2n) is 5.44. The highest BCUT2D eigenvalue weighted by Crippen LogP contribution is 2.37. The first-order valence-electron chi connectivity index (χ1n) is 6.35. The first kappa shape index (κ1) is 14.5. The molecule has 1 aromatic rings. The average molecular weight is 307 g/mol. The van der Waals surface area contributed by atoms with Crippen LogP contribution in [0.4, 0.5) is 0 Å². The third kappa shape index (κ3) is 3.33. The highest BCUT2D eigenvalue weighted by Gasteiger charge is 2.28. The van der Waals surface area contributed by atoms with Gasteiger partial charge in [0.15, 0.2) is 0 Å². The number of nitrogens with one attached hydrogen (secondary N) is 1. The summed E-state index contributed by atoms with van der Waals surface area (Å²) in [6.45, 7) is 4.02. The number of benzene rings is 1. The number of hydrogen-bond donors (Lipinski definition) is 1. The van der Waals surface area contributed by atoms with E-state index in [2.05, 4.69) is 12.2 Å². The maximum Gasteiger partial charge on any atom is 0.0652 e. The summed E-state index contributed by atoms with van der Waals surface area (Å²) in [5, 5.41) is 5.26. The summed E-state index contributed by atoms with van der Waals surface area (Å²) < 4.78 is 0. The molecule has 0 atom stereocenters. The first-order chi connectivity index (χ1) is 8.52. The van der Waals surface area contributed by atoms with Gasteiger partial charge < -0.3 is 5.32 Å². The number of halogens is 3. The minimum absolute atomic E-state index is 0.428. The van der Waals surface area contributed by atoms with Gasteiger partial charge in [0, 0.05) is 23.7 Å². The summed E-state index contributed by atoms with van der Waals surface area (Å²) in [5.74, 6) is 0. The number of hydrogen-bond acceptors (Lipinski definition) is 1. The smallest absolute Gasteiger partial charge is 0.0652 e. The zero-order valence-electron chi connectivity index (χ0n) is 10.5. The van der Waals surface area contributed by atoms with Crippen LogP contribution in [-0.4, -0.2) is 6.54 Å². The Morgan fingerprint density at radius 1 is 1.11 bits per heavy atom. The van der Waals surface area contributed by atoms with Crippen molar-refractivity contribution in [3.8, 4) is 0 Å². The maximum absolute atomic E-state index is 6.17. The molecule has 1 N–H and O–H groups in total. The summed E-state index contributed by atoms with van der Waals surface area (Å²) >= 11 is 18.3. The van der Waals surface area contributed by atoms with Crippen LogP contribution in [0, 0.1) is 5.41 Å². The van der Waals surface area contributed by atoms with Crippen LogP contribution in [-0.2, 0) is 6.54 Å². The minimum Gasteiger partial charge on any atom is -0.312 e. The Kier molecular flexibility index (Phi) is 4.82. The van der Waals surface area contributed by atoms with Crippen molar-refractivity contribution in [3.05, 3.63) is 32.8 Å². The monoisotopic (exact) mass is 305 g/mol. The molecule has 18 heavy (non-hydrogen) atoms. The second kappa shape index (κ2) is 6.00.